The van der Waals surface area contributed by atoms with Crippen molar-refractivity contribution in [2.24, 2.45) is 0 Å². The first-order valence-electron chi connectivity index (χ1n) is 3.68. The van der Waals surface area contributed by atoms with Crippen LogP contribution < -0.4 is 0 Å². The topological polar surface area (TPSA) is 76.3 Å². The molecule has 0 aliphatic heterocycles. The molecular formula is C7H5F3N2O3. The molecule has 8 heteroatoms. The summed E-state index contributed by atoms with van der Waals surface area (Å²) in [6, 6.07) is 1.63. The molecule has 0 aliphatic carbocycles. The normalized spacial score (nSPS) is 11.5. The summed E-state index contributed by atoms with van der Waals surface area (Å²) in [6.07, 6.45) is -4.82. The third-order valence-corrected chi connectivity index (χ3v) is 1.59. The second-order valence-corrected chi connectivity index (χ2v) is 2.59. The van der Waals surface area contributed by atoms with Gasteiger partial charge in [-0.25, -0.2) is 0 Å². The summed E-state index contributed by atoms with van der Waals surface area (Å²) in [5, 5.41) is 18.8. The maximum Gasteiger partial charge on any atom is 0.458 e. The lowest BCUT2D eigenvalue weighted by atomic mass is 10.2. The van der Waals surface area contributed by atoms with Gasteiger partial charge in [-0.3, -0.25) is 0 Å². The van der Waals surface area contributed by atoms with E-state index in [4.69, 9.17) is 5.11 Å². The van der Waals surface area contributed by atoms with Crippen LogP contribution in [-0.2, 0) is 12.8 Å². The van der Waals surface area contributed by atoms with Crippen LogP contribution >= 0.6 is 0 Å². The summed E-state index contributed by atoms with van der Waals surface area (Å²) in [7, 11) is 0. The number of aliphatic hydroxyl groups excluding tert-OH is 1. The van der Waals surface area contributed by atoms with E-state index in [1.165, 1.54) is 0 Å². The van der Waals surface area contributed by atoms with Gasteiger partial charge in [0.05, 0.1) is 6.61 Å². The van der Waals surface area contributed by atoms with Crippen molar-refractivity contribution in [3.8, 4) is 0 Å². The fourth-order valence-corrected chi connectivity index (χ4v) is 0.952. The third kappa shape index (κ3) is 2.40. The Labute approximate surface area is 81.3 Å². The molecule has 1 aromatic rings. The minimum Gasteiger partial charge on any atom is -0.392 e. The van der Waals surface area contributed by atoms with Crippen molar-refractivity contribution >= 4 is 5.82 Å². The van der Waals surface area contributed by atoms with Crippen molar-refractivity contribution in [3.63, 3.8) is 0 Å². The number of aromatic nitrogens is 1. The molecular weight excluding hydrogens is 217 g/mol. The van der Waals surface area contributed by atoms with E-state index >= 15 is 0 Å². The maximum absolute atomic E-state index is 12.3. The summed E-state index contributed by atoms with van der Waals surface area (Å²) in [5.74, 6) is -0.903. The van der Waals surface area contributed by atoms with Crippen LogP contribution in [0.2, 0.25) is 0 Å². The van der Waals surface area contributed by atoms with E-state index in [0.29, 0.717) is 0 Å². The van der Waals surface area contributed by atoms with E-state index in [1.807, 2.05) is 0 Å². The van der Waals surface area contributed by atoms with Gasteiger partial charge in [-0.1, -0.05) is 0 Å². The highest BCUT2D eigenvalue weighted by molar-refractivity contribution is 5.30. The molecule has 1 N–H and O–H groups in total. The summed E-state index contributed by atoms with van der Waals surface area (Å²) >= 11 is 0. The van der Waals surface area contributed by atoms with E-state index < -0.39 is 34.8 Å². The standard InChI is InChI=1S/C7H5F3N2O3/c8-7(9,10)6-4(3-13)1-2-5(11-6)12(14)15/h1-2,13H,3H2. The molecule has 0 amide bonds. The average molecular weight is 222 g/mol. The number of aliphatic hydroxyl groups is 1. The molecule has 0 aliphatic rings. The minimum atomic E-state index is -4.82. The minimum absolute atomic E-state index is 0.492. The van der Waals surface area contributed by atoms with Crippen LogP contribution in [0.25, 0.3) is 0 Å². The Morgan fingerprint density at radius 2 is 2.07 bits per heavy atom. The van der Waals surface area contributed by atoms with Crippen LogP contribution in [0.5, 0.6) is 0 Å². The maximum atomic E-state index is 12.3. The number of halogens is 3. The number of hydrogen-bond donors (Lipinski definition) is 1. The van der Waals surface area contributed by atoms with Crippen molar-refractivity contribution in [2.75, 3.05) is 0 Å². The molecule has 0 spiro atoms. The molecule has 15 heavy (non-hydrogen) atoms. The van der Waals surface area contributed by atoms with Crippen molar-refractivity contribution in [3.05, 3.63) is 33.5 Å². The van der Waals surface area contributed by atoms with Crippen LogP contribution in [0.3, 0.4) is 0 Å². The van der Waals surface area contributed by atoms with E-state index in [0.717, 1.165) is 12.1 Å². The van der Waals surface area contributed by atoms with Gasteiger partial charge in [-0.2, -0.15) is 13.2 Å². The molecule has 0 saturated heterocycles. The van der Waals surface area contributed by atoms with Crippen molar-refractivity contribution < 1.29 is 23.2 Å². The van der Waals surface area contributed by atoms with Gasteiger partial charge in [0.25, 0.3) is 5.69 Å². The molecule has 0 radical (unpaired) electrons. The molecule has 82 valence electrons. The number of nitro groups is 1. The third-order valence-electron chi connectivity index (χ3n) is 1.59. The average Bonchev–Trinajstić information content (AvgIpc) is 2.15. The van der Waals surface area contributed by atoms with Crippen molar-refractivity contribution in [2.45, 2.75) is 12.8 Å². The zero-order valence-electron chi connectivity index (χ0n) is 7.15. The highest BCUT2D eigenvalue weighted by Gasteiger charge is 2.40. The quantitative estimate of drug-likeness (QED) is 0.607. The first-order valence-corrected chi connectivity index (χ1v) is 3.68. The Kier molecular flexibility index (Phi) is 2.89. The predicted octanol–water partition coefficient (Wildman–Crippen LogP) is 1.50. The molecule has 1 aromatic heterocycles. The van der Waals surface area contributed by atoms with E-state index in [-0.39, 0.29) is 0 Å². The first-order chi connectivity index (χ1) is 6.86. The van der Waals surface area contributed by atoms with Crippen LogP contribution in [-0.4, -0.2) is 15.0 Å². The number of nitrogens with zero attached hydrogens (tertiary/aromatic N) is 2. The number of hydrogen-bond acceptors (Lipinski definition) is 4. The summed E-state index contributed by atoms with van der Waals surface area (Å²) in [4.78, 5) is 12.0. The molecule has 5 nitrogen and oxygen atoms in total. The van der Waals surface area contributed by atoms with Crippen LogP contribution in [0.1, 0.15) is 11.3 Å². The number of alkyl halides is 3. The highest BCUT2D eigenvalue weighted by atomic mass is 19.4. The Morgan fingerprint density at radius 1 is 1.47 bits per heavy atom. The van der Waals surface area contributed by atoms with Gasteiger partial charge in [0.2, 0.25) is 0 Å². The monoisotopic (exact) mass is 222 g/mol. The zero-order valence-corrected chi connectivity index (χ0v) is 7.15. The van der Waals surface area contributed by atoms with Gasteiger partial charge in [-0.05, 0) is 16.0 Å². The van der Waals surface area contributed by atoms with Crippen LogP contribution in [0, 0.1) is 10.1 Å². The summed E-state index contributed by atoms with van der Waals surface area (Å²) in [6.45, 7) is -0.875. The summed E-state index contributed by atoms with van der Waals surface area (Å²) in [5.41, 5.74) is -1.92. The molecule has 0 fully saturated rings. The van der Waals surface area contributed by atoms with Crippen molar-refractivity contribution in [1.82, 2.24) is 4.98 Å². The van der Waals surface area contributed by atoms with Gasteiger partial charge in [0.1, 0.15) is 0 Å². The lowest BCUT2D eigenvalue weighted by molar-refractivity contribution is -0.390. The SMILES string of the molecule is O=[N+]([O-])c1ccc(CO)c(C(F)(F)F)n1. The molecule has 1 heterocycles. The molecule has 0 atom stereocenters. The predicted molar refractivity (Wildman–Crippen MR) is 41.8 cm³/mol. The Bertz CT molecular complexity index is 392. The van der Waals surface area contributed by atoms with Gasteiger partial charge in [0, 0.05) is 11.6 Å². The van der Waals surface area contributed by atoms with Gasteiger partial charge >= 0.3 is 12.0 Å². The largest absolute Gasteiger partial charge is 0.458 e. The Morgan fingerprint density at radius 3 is 2.47 bits per heavy atom. The van der Waals surface area contributed by atoms with Gasteiger partial charge in [-0.15, -0.1) is 0 Å². The Balaban J connectivity index is 3.32. The molecule has 0 unspecified atom stereocenters. The smallest absolute Gasteiger partial charge is 0.392 e. The van der Waals surface area contributed by atoms with Crippen LogP contribution in [0.4, 0.5) is 19.0 Å². The van der Waals surface area contributed by atoms with Crippen LogP contribution in [0.15, 0.2) is 12.1 Å². The van der Waals surface area contributed by atoms with Gasteiger partial charge < -0.3 is 15.2 Å². The van der Waals surface area contributed by atoms with Gasteiger partial charge in [0.15, 0.2) is 0 Å². The second kappa shape index (κ2) is 3.81. The van der Waals surface area contributed by atoms with E-state index in [2.05, 4.69) is 4.98 Å². The fourth-order valence-electron chi connectivity index (χ4n) is 0.952. The lowest BCUT2D eigenvalue weighted by Crippen LogP contribution is -2.13. The molecule has 0 saturated carbocycles. The lowest BCUT2D eigenvalue weighted by Gasteiger charge is -2.05. The zero-order chi connectivity index (χ0) is 11.6. The van der Waals surface area contributed by atoms with Crippen molar-refractivity contribution in [1.29, 1.82) is 0 Å². The highest BCUT2D eigenvalue weighted by Crippen LogP contribution is 2.31. The molecule has 0 bridgehead atoms. The Hall–Kier alpha value is -1.70. The molecule has 1 rings (SSSR count). The summed E-state index contributed by atoms with van der Waals surface area (Å²) < 4.78 is 36.8. The van der Waals surface area contributed by atoms with E-state index in [9.17, 15) is 23.3 Å². The first kappa shape index (κ1) is 11.4. The van der Waals surface area contributed by atoms with E-state index in [1.54, 1.807) is 0 Å². The number of pyridine rings is 1. The molecule has 0 aromatic carbocycles. The number of rotatable bonds is 2. The second-order valence-electron chi connectivity index (χ2n) is 2.59. The fraction of sp³-hybridized carbons (Fsp3) is 0.286.